The first-order valence-corrected chi connectivity index (χ1v) is 10.9. The van der Waals surface area contributed by atoms with Crippen molar-refractivity contribution in [3.8, 4) is 11.5 Å². The summed E-state index contributed by atoms with van der Waals surface area (Å²) >= 11 is 1.60. The SMILES string of the molecule is COc1ccc(C(C)(C)C)cc1NC(=O)/C=C/c1ccccc1OCc1csc(C)n1. The average molecular weight is 437 g/mol. The summed E-state index contributed by atoms with van der Waals surface area (Å²) in [5.74, 6) is 1.08. The molecular weight excluding hydrogens is 408 g/mol. The van der Waals surface area contributed by atoms with Gasteiger partial charge in [-0.15, -0.1) is 11.3 Å². The summed E-state index contributed by atoms with van der Waals surface area (Å²) in [4.78, 5) is 17.0. The Balaban J connectivity index is 1.72. The van der Waals surface area contributed by atoms with Gasteiger partial charge in [-0.1, -0.05) is 45.0 Å². The molecule has 0 saturated carbocycles. The summed E-state index contributed by atoms with van der Waals surface area (Å²) in [6.45, 7) is 8.74. The van der Waals surface area contributed by atoms with Crippen molar-refractivity contribution in [2.45, 2.75) is 39.7 Å². The zero-order valence-electron chi connectivity index (χ0n) is 18.6. The lowest BCUT2D eigenvalue weighted by Gasteiger charge is -2.21. The number of aryl methyl sites for hydroxylation is 1. The summed E-state index contributed by atoms with van der Waals surface area (Å²) < 4.78 is 11.3. The third kappa shape index (κ3) is 6.18. The number of benzene rings is 2. The minimum atomic E-state index is -0.241. The Hall–Kier alpha value is -3.12. The molecule has 0 fully saturated rings. The Bertz CT molecular complexity index is 1080. The van der Waals surface area contributed by atoms with Crippen molar-refractivity contribution in [3.05, 3.63) is 75.7 Å². The van der Waals surface area contributed by atoms with Gasteiger partial charge in [-0.3, -0.25) is 4.79 Å². The van der Waals surface area contributed by atoms with Gasteiger partial charge in [-0.2, -0.15) is 0 Å². The molecule has 0 radical (unpaired) electrons. The molecule has 0 atom stereocenters. The second kappa shape index (κ2) is 9.79. The number of anilines is 1. The number of thiazole rings is 1. The van der Waals surface area contributed by atoms with E-state index in [1.165, 1.54) is 6.08 Å². The highest BCUT2D eigenvalue weighted by atomic mass is 32.1. The van der Waals surface area contributed by atoms with E-state index in [4.69, 9.17) is 9.47 Å². The van der Waals surface area contributed by atoms with Crippen molar-refractivity contribution in [2.75, 3.05) is 12.4 Å². The summed E-state index contributed by atoms with van der Waals surface area (Å²) in [6.07, 6.45) is 3.25. The van der Waals surface area contributed by atoms with E-state index in [9.17, 15) is 4.79 Å². The van der Waals surface area contributed by atoms with Crippen LogP contribution in [0, 0.1) is 6.92 Å². The first-order chi connectivity index (χ1) is 14.8. The van der Waals surface area contributed by atoms with E-state index in [1.807, 2.05) is 54.8 Å². The summed E-state index contributed by atoms with van der Waals surface area (Å²) in [5, 5.41) is 5.92. The lowest BCUT2D eigenvalue weighted by atomic mass is 9.87. The maximum Gasteiger partial charge on any atom is 0.248 e. The van der Waals surface area contributed by atoms with Crippen LogP contribution in [0.1, 0.15) is 42.6 Å². The van der Waals surface area contributed by atoms with Crippen molar-refractivity contribution >= 4 is 29.0 Å². The third-order valence-corrected chi connectivity index (χ3v) is 5.52. The molecule has 3 aromatic rings. The predicted molar refractivity (Wildman–Crippen MR) is 127 cm³/mol. The lowest BCUT2D eigenvalue weighted by molar-refractivity contribution is -0.111. The molecule has 162 valence electrons. The van der Waals surface area contributed by atoms with Gasteiger partial charge in [-0.25, -0.2) is 4.98 Å². The van der Waals surface area contributed by atoms with E-state index >= 15 is 0 Å². The molecule has 6 heteroatoms. The fraction of sp³-hybridized carbons (Fsp3) is 0.280. The maximum atomic E-state index is 12.6. The molecule has 2 aromatic carbocycles. The molecule has 1 aromatic heterocycles. The highest BCUT2D eigenvalue weighted by molar-refractivity contribution is 7.09. The van der Waals surface area contributed by atoms with Gasteiger partial charge >= 0.3 is 0 Å². The topological polar surface area (TPSA) is 60.5 Å². The molecule has 3 rings (SSSR count). The number of aromatic nitrogens is 1. The van der Waals surface area contributed by atoms with Crippen LogP contribution in [0.5, 0.6) is 11.5 Å². The van der Waals surface area contributed by atoms with E-state index in [1.54, 1.807) is 24.5 Å². The second-order valence-electron chi connectivity index (χ2n) is 8.17. The van der Waals surface area contributed by atoms with Crippen LogP contribution < -0.4 is 14.8 Å². The molecule has 0 aliphatic rings. The van der Waals surface area contributed by atoms with Gasteiger partial charge in [0.25, 0.3) is 0 Å². The van der Waals surface area contributed by atoms with Crippen molar-refractivity contribution in [3.63, 3.8) is 0 Å². The second-order valence-corrected chi connectivity index (χ2v) is 9.23. The summed E-state index contributed by atoms with van der Waals surface area (Å²) in [7, 11) is 1.59. The number of rotatable bonds is 7. The number of nitrogens with one attached hydrogen (secondary N) is 1. The molecule has 0 aliphatic heterocycles. The average Bonchev–Trinajstić information content (AvgIpc) is 3.15. The van der Waals surface area contributed by atoms with E-state index in [0.717, 1.165) is 21.8 Å². The molecule has 1 amide bonds. The van der Waals surface area contributed by atoms with Gasteiger partial charge in [0.15, 0.2) is 0 Å². The molecule has 0 unspecified atom stereocenters. The van der Waals surface area contributed by atoms with Gasteiger partial charge in [0.05, 0.1) is 23.5 Å². The number of amides is 1. The highest BCUT2D eigenvalue weighted by Crippen LogP contribution is 2.31. The fourth-order valence-corrected chi connectivity index (χ4v) is 3.59. The number of hydrogen-bond acceptors (Lipinski definition) is 5. The van der Waals surface area contributed by atoms with Gasteiger partial charge in [0, 0.05) is 17.0 Å². The molecule has 0 aliphatic carbocycles. The Morgan fingerprint density at radius 3 is 2.61 bits per heavy atom. The van der Waals surface area contributed by atoms with Crippen LogP contribution in [0.4, 0.5) is 5.69 Å². The van der Waals surface area contributed by atoms with Gasteiger partial charge in [0.1, 0.15) is 18.1 Å². The number of carbonyl (C=O) groups is 1. The zero-order chi connectivity index (χ0) is 22.4. The van der Waals surface area contributed by atoms with E-state index in [2.05, 4.69) is 31.1 Å². The van der Waals surface area contributed by atoms with Crippen molar-refractivity contribution < 1.29 is 14.3 Å². The van der Waals surface area contributed by atoms with E-state index in [-0.39, 0.29) is 11.3 Å². The molecule has 31 heavy (non-hydrogen) atoms. The van der Waals surface area contributed by atoms with Crippen molar-refractivity contribution in [1.82, 2.24) is 4.98 Å². The molecule has 0 bridgehead atoms. The van der Waals surface area contributed by atoms with Crippen LogP contribution in [0.2, 0.25) is 0 Å². The van der Waals surface area contributed by atoms with Crippen molar-refractivity contribution in [2.24, 2.45) is 0 Å². The minimum absolute atomic E-state index is 0.0340. The molecular formula is C25H28N2O3S. The normalized spacial score (nSPS) is 11.5. The first kappa shape index (κ1) is 22.6. The number of methoxy groups -OCH3 is 1. The van der Waals surface area contributed by atoms with Crippen LogP contribution >= 0.6 is 11.3 Å². The van der Waals surface area contributed by atoms with E-state index < -0.39 is 0 Å². The summed E-state index contributed by atoms with van der Waals surface area (Å²) in [5.41, 5.74) is 3.44. The quantitative estimate of drug-likeness (QED) is 0.462. The smallest absolute Gasteiger partial charge is 0.248 e. The zero-order valence-corrected chi connectivity index (χ0v) is 19.4. The van der Waals surface area contributed by atoms with Gasteiger partial charge in [0.2, 0.25) is 5.91 Å². The highest BCUT2D eigenvalue weighted by Gasteiger charge is 2.16. The number of ether oxygens (including phenoxy) is 2. The Kier molecular flexibility index (Phi) is 7.13. The van der Waals surface area contributed by atoms with Crippen LogP contribution in [0.25, 0.3) is 6.08 Å². The third-order valence-electron chi connectivity index (χ3n) is 4.70. The molecule has 0 saturated heterocycles. The monoisotopic (exact) mass is 436 g/mol. The Morgan fingerprint density at radius 2 is 1.94 bits per heavy atom. The van der Waals surface area contributed by atoms with Crippen LogP contribution in [0.3, 0.4) is 0 Å². The Morgan fingerprint density at radius 1 is 1.16 bits per heavy atom. The fourth-order valence-electron chi connectivity index (χ4n) is 2.99. The Labute approximate surface area is 187 Å². The number of hydrogen-bond donors (Lipinski definition) is 1. The summed E-state index contributed by atoms with van der Waals surface area (Å²) in [6, 6.07) is 13.5. The number of para-hydroxylation sites is 1. The van der Waals surface area contributed by atoms with E-state index in [0.29, 0.717) is 23.8 Å². The standard InChI is InChI=1S/C25H28N2O3S/c1-17-26-20(16-31-17)15-30-22-9-7-6-8-18(22)10-13-24(28)27-21-14-19(25(2,3)4)11-12-23(21)29-5/h6-14,16H,15H2,1-5H3,(H,27,28)/b13-10+. The van der Waals surface area contributed by atoms with Crippen LogP contribution in [0.15, 0.2) is 53.9 Å². The van der Waals surface area contributed by atoms with Crippen LogP contribution in [-0.2, 0) is 16.8 Å². The predicted octanol–water partition coefficient (Wildman–Crippen LogP) is 5.99. The maximum absolute atomic E-state index is 12.6. The first-order valence-electron chi connectivity index (χ1n) is 10.1. The van der Waals surface area contributed by atoms with Gasteiger partial charge < -0.3 is 14.8 Å². The largest absolute Gasteiger partial charge is 0.495 e. The van der Waals surface area contributed by atoms with Gasteiger partial charge in [-0.05, 0) is 42.2 Å². The molecule has 0 spiro atoms. The number of carbonyl (C=O) groups excluding carboxylic acids is 1. The molecule has 1 heterocycles. The molecule has 1 N–H and O–H groups in total. The minimum Gasteiger partial charge on any atom is -0.495 e. The molecule has 5 nitrogen and oxygen atoms in total. The van der Waals surface area contributed by atoms with Crippen LogP contribution in [-0.4, -0.2) is 18.0 Å². The number of nitrogens with zero attached hydrogens (tertiary/aromatic N) is 1. The van der Waals surface area contributed by atoms with Crippen molar-refractivity contribution in [1.29, 1.82) is 0 Å². The lowest BCUT2D eigenvalue weighted by Crippen LogP contribution is -2.14.